The smallest absolute Gasteiger partial charge is 0.309 e. The van der Waals surface area contributed by atoms with E-state index >= 15 is 0 Å². The van der Waals surface area contributed by atoms with E-state index in [1.165, 1.54) is 25.7 Å². The average molecular weight is 237 g/mol. The van der Waals surface area contributed by atoms with Crippen LogP contribution in [-0.2, 0) is 9.53 Å². The fourth-order valence-corrected chi connectivity index (χ4v) is 4.77. The lowest BCUT2D eigenvalue weighted by molar-refractivity contribution is -0.144. The number of ether oxygens (including phenoxy) is 1. The molecule has 17 heavy (non-hydrogen) atoms. The maximum absolute atomic E-state index is 11.9. The summed E-state index contributed by atoms with van der Waals surface area (Å²) in [5, 5.41) is 0. The van der Waals surface area contributed by atoms with E-state index in [0.717, 1.165) is 24.8 Å². The predicted octanol–water partition coefficient (Wildman–Crippen LogP) is 1.95. The Hall–Kier alpha value is -0.570. The third kappa shape index (κ3) is 1.70. The van der Waals surface area contributed by atoms with Crippen LogP contribution in [0.5, 0.6) is 0 Å². The second kappa shape index (κ2) is 4.27. The summed E-state index contributed by atoms with van der Waals surface area (Å²) < 4.78 is 5.45. The Balaban J connectivity index is 1.88. The fraction of sp³-hybridized carbons (Fsp3) is 0.929. The first-order valence-electron chi connectivity index (χ1n) is 7.13. The van der Waals surface area contributed by atoms with E-state index in [4.69, 9.17) is 10.5 Å². The van der Waals surface area contributed by atoms with Gasteiger partial charge < -0.3 is 10.5 Å². The summed E-state index contributed by atoms with van der Waals surface area (Å²) in [6, 6.07) is 0. The van der Waals surface area contributed by atoms with Crippen molar-refractivity contribution in [3.8, 4) is 0 Å². The Morgan fingerprint density at radius 1 is 1.35 bits per heavy atom. The summed E-state index contributed by atoms with van der Waals surface area (Å²) >= 11 is 0. The molecule has 0 amide bonds. The van der Waals surface area contributed by atoms with E-state index in [-0.39, 0.29) is 18.0 Å². The van der Waals surface area contributed by atoms with E-state index in [9.17, 15) is 4.79 Å². The van der Waals surface area contributed by atoms with Crippen molar-refractivity contribution in [1.29, 1.82) is 0 Å². The first kappa shape index (κ1) is 11.5. The molecule has 5 unspecified atom stereocenters. The van der Waals surface area contributed by atoms with Crippen molar-refractivity contribution in [1.82, 2.24) is 0 Å². The highest BCUT2D eigenvalue weighted by molar-refractivity contribution is 5.75. The SMILES string of the molecule is CC1OC(=O)C2CC3CCCCC3[C@@H](CN)C12. The Bertz CT molecular complexity index is 317. The number of nitrogens with two attached hydrogens (primary N) is 1. The maximum Gasteiger partial charge on any atom is 0.309 e. The zero-order valence-corrected chi connectivity index (χ0v) is 10.6. The molecule has 0 aromatic rings. The average Bonchev–Trinajstić information content (AvgIpc) is 2.62. The molecule has 1 saturated heterocycles. The Morgan fingerprint density at radius 3 is 2.88 bits per heavy atom. The summed E-state index contributed by atoms with van der Waals surface area (Å²) in [5.41, 5.74) is 6.01. The van der Waals surface area contributed by atoms with Gasteiger partial charge in [-0.05, 0) is 44.1 Å². The molecule has 96 valence electrons. The molecule has 0 radical (unpaired) electrons. The van der Waals surface area contributed by atoms with Crippen LogP contribution in [0.2, 0.25) is 0 Å². The van der Waals surface area contributed by atoms with Crippen molar-refractivity contribution in [3.63, 3.8) is 0 Å². The monoisotopic (exact) mass is 237 g/mol. The van der Waals surface area contributed by atoms with Gasteiger partial charge in [0.1, 0.15) is 6.10 Å². The van der Waals surface area contributed by atoms with E-state index in [2.05, 4.69) is 0 Å². The zero-order chi connectivity index (χ0) is 12.0. The zero-order valence-electron chi connectivity index (χ0n) is 10.6. The van der Waals surface area contributed by atoms with Gasteiger partial charge in [-0.2, -0.15) is 0 Å². The highest BCUT2D eigenvalue weighted by Gasteiger charge is 2.53. The molecule has 2 saturated carbocycles. The highest BCUT2D eigenvalue weighted by Crippen LogP contribution is 2.52. The summed E-state index contributed by atoms with van der Waals surface area (Å²) in [6.07, 6.45) is 6.44. The molecule has 3 rings (SSSR count). The van der Waals surface area contributed by atoms with Gasteiger partial charge in [0.25, 0.3) is 0 Å². The standard InChI is InChI=1S/C14H23NO2/c1-8-13-11(14(16)17-8)6-9-4-2-3-5-10(9)12(13)7-15/h8-13H,2-7,15H2,1H3/t8?,9?,10?,11?,12-,13?/m1/s1. The second-order valence-corrected chi connectivity index (χ2v) is 6.17. The summed E-state index contributed by atoms with van der Waals surface area (Å²) in [4.78, 5) is 11.9. The molecule has 3 nitrogen and oxygen atoms in total. The minimum atomic E-state index is 0.0463. The minimum Gasteiger partial charge on any atom is -0.462 e. The Morgan fingerprint density at radius 2 is 2.12 bits per heavy atom. The second-order valence-electron chi connectivity index (χ2n) is 6.17. The van der Waals surface area contributed by atoms with Crippen LogP contribution in [0.15, 0.2) is 0 Å². The molecular weight excluding hydrogens is 214 g/mol. The quantitative estimate of drug-likeness (QED) is 0.709. The lowest BCUT2D eigenvalue weighted by Crippen LogP contribution is -2.46. The number of fused-ring (bicyclic) bond motifs is 2. The van der Waals surface area contributed by atoms with Gasteiger partial charge in [0.05, 0.1) is 5.92 Å². The maximum atomic E-state index is 11.9. The lowest BCUT2D eigenvalue weighted by atomic mass is 9.57. The fourth-order valence-electron chi connectivity index (χ4n) is 4.77. The highest BCUT2D eigenvalue weighted by atomic mass is 16.6. The number of hydrogen-bond donors (Lipinski definition) is 1. The van der Waals surface area contributed by atoms with Gasteiger partial charge in [-0.25, -0.2) is 0 Å². The molecule has 1 heterocycles. The molecule has 0 aromatic heterocycles. The van der Waals surface area contributed by atoms with Gasteiger partial charge >= 0.3 is 5.97 Å². The van der Waals surface area contributed by atoms with Crippen LogP contribution < -0.4 is 5.73 Å². The van der Waals surface area contributed by atoms with E-state index in [0.29, 0.717) is 11.8 Å². The van der Waals surface area contributed by atoms with Crippen LogP contribution in [0.25, 0.3) is 0 Å². The number of carbonyl (C=O) groups is 1. The van der Waals surface area contributed by atoms with Crippen LogP contribution in [0, 0.1) is 29.6 Å². The van der Waals surface area contributed by atoms with Crippen LogP contribution >= 0.6 is 0 Å². The van der Waals surface area contributed by atoms with E-state index in [1.54, 1.807) is 0 Å². The van der Waals surface area contributed by atoms with Gasteiger partial charge in [-0.1, -0.05) is 19.3 Å². The Labute approximate surface area is 103 Å². The van der Waals surface area contributed by atoms with Gasteiger partial charge in [0.15, 0.2) is 0 Å². The summed E-state index contributed by atoms with van der Waals surface area (Å²) in [7, 11) is 0. The molecule has 0 aromatic carbocycles. The lowest BCUT2D eigenvalue weighted by Gasteiger charge is -2.46. The number of carbonyl (C=O) groups excluding carboxylic acids is 1. The number of hydrogen-bond acceptors (Lipinski definition) is 3. The van der Waals surface area contributed by atoms with E-state index < -0.39 is 0 Å². The van der Waals surface area contributed by atoms with E-state index in [1.807, 2.05) is 6.92 Å². The number of esters is 1. The van der Waals surface area contributed by atoms with Gasteiger partial charge in [0, 0.05) is 5.92 Å². The van der Waals surface area contributed by atoms with Gasteiger partial charge in [0.2, 0.25) is 0 Å². The molecule has 3 heteroatoms. The van der Waals surface area contributed by atoms with Crippen LogP contribution in [0.1, 0.15) is 39.0 Å². The molecule has 0 bridgehead atoms. The molecule has 3 aliphatic rings. The topological polar surface area (TPSA) is 52.3 Å². The molecule has 6 atom stereocenters. The van der Waals surface area contributed by atoms with Crippen molar-refractivity contribution in [3.05, 3.63) is 0 Å². The first-order valence-corrected chi connectivity index (χ1v) is 7.13. The van der Waals surface area contributed by atoms with Crippen molar-refractivity contribution >= 4 is 5.97 Å². The molecule has 1 aliphatic heterocycles. The van der Waals surface area contributed by atoms with Crippen LogP contribution in [0.3, 0.4) is 0 Å². The molecule has 2 N–H and O–H groups in total. The van der Waals surface area contributed by atoms with Crippen molar-refractivity contribution in [2.75, 3.05) is 6.54 Å². The number of rotatable bonds is 1. The number of cyclic esters (lactones) is 1. The van der Waals surface area contributed by atoms with Crippen molar-refractivity contribution in [2.45, 2.75) is 45.1 Å². The minimum absolute atomic E-state index is 0.0463. The van der Waals surface area contributed by atoms with Gasteiger partial charge in [-0.3, -0.25) is 4.79 Å². The van der Waals surface area contributed by atoms with Crippen LogP contribution in [-0.4, -0.2) is 18.6 Å². The normalized spacial score (nSPS) is 49.4. The third-order valence-electron chi connectivity index (χ3n) is 5.45. The largest absolute Gasteiger partial charge is 0.462 e. The molecule has 0 spiro atoms. The summed E-state index contributed by atoms with van der Waals surface area (Å²) in [5.74, 6) is 2.60. The predicted molar refractivity (Wildman–Crippen MR) is 65.1 cm³/mol. The first-order chi connectivity index (χ1) is 8.22. The Kier molecular flexibility index (Phi) is 2.89. The molecule has 3 fully saturated rings. The summed E-state index contributed by atoms with van der Waals surface area (Å²) in [6.45, 7) is 2.78. The molecule has 2 aliphatic carbocycles. The third-order valence-corrected chi connectivity index (χ3v) is 5.45. The van der Waals surface area contributed by atoms with Gasteiger partial charge in [-0.15, -0.1) is 0 Å². The van der Waals surface area contributed by atoms with Crippen molar-refractivity contribution < 1.29 is 9.53 Å². The van der Waals surface area contributed by atoms with Crippen molar-refractivity contribution in [2.24, 2.45) is 35.3 Å². The van der Waals surface area contributed by atoms with Crippen LogP contribution in [0.4, 0.5) is 0 Å². The molecular formula is C14H23NO2.